The predicted octanol–water partition coefficient (Wildman–Crippen LogP) is -0.453. The molecular weight excluding hydrogens is 216 g/mol. The number of carboxylic acid groups (broad SMARTS) is 1. The summed E-state index contributed by atoms with van der Waals surface area (Å²) in [4.78, 5) is 22.2. The van der Waals surface area contributed by atoms with Crippen LogP contribution >= 0.6 is 0 Å². The first-order chi connectivity index (χ1) is 7.41. The van der Waals surface area contributed by atoms with Gasteiger partial charge in [0.25, 0.3) is 5.91 Å². The summed E-state index contributed by atoms with van der Waals surface area (Å²) in [7, 11) is 0. The Labute approximate surface area is 91.0 Å². The van der Waals surface area contributed by atoms with Gasteiger partial charge in [0.15, 0.2) is 6.04 Å². The van der Waals surface area contributed by atoms with E-state index in [-0.39, 0.29) is 5.76 Å². The molecule has 1 heterocycles. The SMILES string of the molecule is Cc1cc(C(=O)N[C@H](C(=O)O)[C@@H](C)O)on1. The summed E-state index contributed by atoms with van der Waals surface area (Å²) >= 11 is 0. The van der Waals surface area contributed by atoms with Gasteiger partial charge in [0.1, 0.15) is 0 Å². The summed E-state index contributed by atoms with van der Waals surface area (Å²) in [5.74, 6) is -2.14. The molecule has 0 aliphatic heterocycles. The zero-order chi connectivity index (χ0) is 12.3. The molecule has 0 spiro atoms. The number of carboxylic acids is 1. The molecule has 0 aliphatic rings. The molecule has 1 aromatic rings. The van der Waals surface area contributed by atoms with Crippen LogP contribution in [0.4, 0.5) is 0 Å². The van der Waals surface area contributed by atoms with Crippen LogP contribution in [0.15, 0.2) is 10.6 Å². The molecule has 0 aliphatic carbocycles. The van der Waals surface area contributed by atoms with E-state index in [1.807, 2.05) is 0 Å². The smallest absolute Gasteiger partial charge is 0.328 e. The third kappa shape index (κ3) is 2.80. The lowest BCUT2D eigenvalue weighted by atomic mass is 10.2. The highest BCUT2D eigenvalue weighted by Crippen LogP contribution is 2.03. The Morgan fingerprint density at radius 3 is 2.56 bits per heavy atom. The van der Waals surface area contributed by atoms with Gasteiger partial charge in [-0.1, -0.05) is 5.16 Å². The van der Waals surface area contributed by atoms with Crippen molar-refractivity contribution < 1.29 is 24.3 Å². The molecule has 0 radical (unpaired) electrons. The van der Waals surface area contributed by atoms with Crippen LogP contribution < -0.4 is 5.32 Å². The van der Waals surface area contributed by atoms with Crippen LogP contribution in [0.2, 0.25) is 0 Å². The van der Waals surface area contributed by atoms with E-state index in [0.717, 1.165) is 0 Å². The summed E-state index contributed by atoms with van der Waals surface area (Å²) in [6.07, 6.45) is -1.20. The summed E-state index contributed by atoms with van der Waals surface area (Å²) < 4.78 is 4.65. The van der Waals surface area contributed by atoms with Crippen LogP contribution in [0.25, 0.3) is 0 Å². The number of aromatic nitrogens is 1. The second-order valence-electron chi connectivity index (χ2n) is 3.36. The van der Waals surface area contributed by atoms with Gasteiger partial charge in [-0.25, -0.2) is 4.79 Å². The van der Waals surface area contributed by atoms with E-state index in [1.165, 1.54) is 13.0 Å². The number of hydrogen-bond donors (Lipinski definition) is 3. The first-order valence-corrected chi connectivity index (χ1v) is 4.57. The van der Waals surface area contributed by atoms with Crippen LogP contribution in [-0.2, 0) is 4.79 Å². The number of aliphatic carboxylic acids is 1. The number of carbonyl (C=O) groups is 2. The maximum atomic E-state index is 11.5. The lowest BCUT2D eigenvalue weighted by Gasteiger charge is -2.15. The normalized spacial score (nSPS) is 14.2. The lowest BCUT2D eigenvalue weighted by Crippen LogP contribution is -2.47. The minimum absolute atomic E-state index is 0.0931. The second-order valence-corrected chi connectivity index (χ2v) is 3.36. The van der Waals surface area contributed by atoms with E-state index < -0.39 is 24.0 Å². The summed E-state index contributed by atoms with van der Waals surface area (Å²) in [5.41, 5.74) is 0.508. The zero-order valence-corrected chi connectivity index (χ0v) is 8.80. The van der Waals surface area contributed by atoms with Crippen molar-refractivity contribution in [2.24, 2.45) is 0 Å². The fourth-order valence-corrected chi connectivity index (χ4v) is 1.07. The average Bonchev–Trinajstić information content (AvgIpc) is 2.59. The molecule has 0 saturated heterocycles. The van der Waals surface area contributed by atoms with Crippen LogP contribution in [0.5, 0.6) is 0 Å². The van der Waals surface area contributed by atoms with E-state index in [4.69, 9.17) is 10.2 Å². The van der Waals surface area contributed by atoms with Crippen molar-refractivity contribution in [2.45, 2.75) is 26.0 Å². The molecule has 0 aromatic carbocycles. The number of rotatable bonds is 4. The third-order valence-corrected chi connectivity index (χ3v) is 1.89. The number of carbonyl (C=O) groups excluding carboxylic acids is 1. The largest absolute Gasteiger partial charge is 0.480 e. The highest BCUT2D eigenvalue weighted by atomic mass is 16.5. The number of nitrogens with one attached hydrogen (secondary N) is 1. The molecule has 0 unspecified atom stereocenters. The number of aryl methyl sites for hydroxylation is 1. The second kappa shape index (κ2) is 4.75. The Morgan fingerprint density at radius 2 is 2.19 bits per heavy atom. The third-order valence-electron chi connectivity index (χ3n) is 1.89. The number of aliphatic hydroxyl groups is 1. The fourth-order valence-electron chi connectivity index (χ4n) is 1.07. The van der Waals surface area contributed by atoms with Crippen LogP contribution in [-0.4, -0.2) is 39.4 Å². The molecule has 0 bridgehead atoms. The standard InChI is InChI=1S/C9H12N2O5/c1-4-3-6(16-11-4)8(13)10-7(5(2)12)9(14)15/h3,5,7,12H,1-2H3,(H,10,13)(H,14,15)/t5-,7+/m1/s1. The van der Waals surface area contributed by atoms with Gasteiger partial charge in [-0.15, -0.1) is 0 Å². The average molecular weight is 228 g/mol. The Bertz CT molecular complexity index is 398. The van der Waals surface area contributed by atoms with E-state index in [9.17, 15) is 9.59 Å². The van der Waals surface area contributed by atoms with E-state index in [0.29, 0.717) is 5.69 Å². The molecule has 88 valence electrons. The van der Waals surface area contributed by atoms with Crippen molar-refractivity contribution in [1.82, 2.24) is 10.5 Å². The van der Waals surface area contributed by atoms with Crippen molar-refractivity contribution in [3.63, 3.8) is 0 Å². The maximum Gasteiger partial charge on any atom is 0.328 e. The van der Waals surface area contributed by atoms with Gasteiger partial charge in [-0.2, -0.15) is 0 Å². The molecule has 3 N–H and O–H groups in total. The summed E-state index contributed by atoms with van der Waals surface area (Å²) in [6, 6.07) is -0.00562. The number of nitrogens with zero attached hydrogens (tertiary/aromatic N) is 1. The Kier molecular flexibility index (Phi) is 3.62. The molecule has 1 rings (SSSR count). The van der Waals surface area contributed by atoms with Gasteiger partial charge < -0.3 is 20.1 Å². The molecule has 16 heavy (non-hydrogen) atoms. The van der Waals surface area contributed by atoms with Gasteiger partial charge in [-0.05, 0) is 13.8 Å². The molecule has 1 amide bonds. The number of amides is 1. The van der Waals surface area contributed by atoms with Gasteiger partial charge in [0, 0.05) is 6.07 Å². The molecule has 2 atom stereocenters. The molecule has 0 saturated carbocycles. The highest BCUT2D eigenvalue weighted by Gasteiger charge is 2.26. The summed E-state index contributed by atoms with van der Waals surface area (Å²) in [6.45, 7) is 2.90. The lowest BCUT2D eigenvalue weighted by molar-refractivity contribution is -0.141. The van der Waals surface area contributed by atoms with Crippen molar-refractivity contribution in [3.8, 4) is 0 Å². The quantitative estimate of drug-likeness (QED) is 0.643. The summed E-state index contributed by atoms with van der Waals surface area (Å²) in [5, 5.41) is 23.5. The zero-order valence-electron chi connectivity index (χ0n) is 8.80. The number of hydrogen-bond acceptors (Lipinski definition) is 5. The van der Waals surface area contributed by atoms with Crippen molar-refractivity contribution in [1.29, 1.82) is 0 Å². The first kappa shape index (κ1) is 12.2. The van der Waals surface area contributed by atoms with E-state index in [2.05, 4.69) is 15.0 Å². The van der Waals surface area contributed by atoms with E-state index >= 15 is 0 Å². The Balaban J connectivity index is 2.73. The maximum absolute atomic E-state index is 11.5. The van der Waals surface area contributed by atoms with Gasteiger partial charge in [-0.3, -0.25) is 4.79 Å². The molecule has 7 nitrogen and oxygen atoms in total. The minimum Gasteiger partial charge on any atom is -0.480 e. The van der Waals surface area contributed by atoms with Crippen molar-refractivity contribution >= 4 is 11.9 Å². The molecule has 7 heteroatoms. The van der Waals surface area contributed by atoms with Crippen LogP contribution in [0, 0.1) is 6.92 Å². The van der Waals surface area contributed by atoms with Crippen molar-refractivity contribution in [2.75, 3.05) is 0 Å². The van der Waals surface area contributed by atoms with Gasteiger partial charge in [0.05, 0.1) is 11.8 Å². The van der Waals surface area contributed by atoms with E-state index in [1.54, 1.807) is 6.92 Å². The fraction of sp³-hybridized carbons (Fsp3) is 0.444. The molecule has 1 aromatic heterocycles. The minimum atomic E-state index is -1.38. The Morgan fingerprint density at radius 1 is 1.56 bits per heavy atom. The highest BCUT2D eigenvalue weighted by molar-refractivity contribution is 5.94. The van der Waals surface area contributed by atoms with Crippen LogP contribution in [0.3, 0.4) is 0 Å². The monoisotopic (exact) mass is 228 g/mol. The topological polar surface area (TPSA) is 113 Å². The first-order valence-electron chi connectivity index (χ1n) is 4.57. The predicted molar refractivity (Wildman–Crippen MR) is 51.8 cm³/mol. The molecular formula is C9H12N2O5. The van der Waals surface area contributed by atoms with Gasteiger partial charge >= 0.3 is 5.97 Å². The van der Waals surface area contributed by atoms with Crippen molar-refractivity contribution in [3.05, 3.63) is 17.5 Å². The van der Waals surface area contributed by atoms with Crippen LogP contribution in [0.1, 0.15) is 23.2 Å². The number of aliphatic hydroxyl groups excluding tert-OH is 1. The molecule has 0 fully saturated rings. The Hall–Kier alpha value is -1.89. The van der Waals surface area contributed by atoms with Gasteiger partial charge in [0.2, 0.25) is 5.76 Å².